The van der Waals surface area contributed by atoms with Gasteiger partial charge in [-0.2, -0.15) is 0 Å². The molecular weight excluding hydrogens is 435 g/mol. The van der Waals surface area contributed by atoms with Gasteiger partial charge >= 0.3 is 7.60 Å². The Hall–Kier alpha value is -1.29. The van der Waals surface area contributed by atoms with Crippen LogP contribution in [-0.4, -0.2) is 27.7 Å². The van der Waals surface area contributed by atoms with Crippen molar-refractivity contribution in [3.05, 3.63) is 34.4 Å². The lowest BCUT2D eigenvalue weighted by atomic mass is 9.86. The smallest absolute Gasteiger partial charge is 0.329 e. The average Bonchev–Trinajstić information content (AvgIpc) is 2.68. The predicted octanol–water partition coefficient (Wildman–Crippen LogP) is 7.05. The highest BCUT2D eigenvalue weighted by atomic mass is 31.2. The zero-order valence-corrected chi connectivity index (χ0v) is 22.8. The van der Waals surface area contributed by atoms with E-state index in [4.69, 9.17) is 9.47 Å². The van der Waals surface area contributed by atoms with Crippen molar-refractivity contribution in [3.63, 3.8) is 0 Å². The van der Waals surface area contributed by atoms with Crippen LogP contribution in [0.4, 0.5) is 0 Å². The van der Waals surface area contributed by atoms with Gasteiger partial charge in [-0.3, -0.25) is 4.57 Å². The second kappa shape index (κ2) is 11.4. The number of hydrogen-bond donors (Lipinski definition) is 2. The van der Waals surface area contributed by atoms with E-state index >= 15 is 0 Å². The maximum Gasteiger partial charge on any atom is 0.329 e. The van der Waals surface area contributed by atoms with E-state index in [1.54, 1.807) is 6.92 Å². The van der Waals surface area contributed by atoms with Crippen molar-refractivity contribution >= 4 is 7.60 Å². The molecule has 5 nitrogen and oxygen atoms in total. The Morgan fingerprint density at radius 3 is 2.36 bits per heavy atom. The molecule has 0 bridgehead atoms. The molecule has 0 radical (unpaired) electrons. The van der Waals surface area contributed by atoms with Crippen LogP contribution in [0.15, 0.2) is 12.2 Å². The summed E-state index contributed by atoms with van der Waals surface area (Å²) in [5, 5.41) is 0. The Kier molecular flexibility index (Phi) is 9.68. The molecule has 0 saturated heterocycles. The molecule has 1 aromatic rings. The molecule has 1 heterocycles. The molecule has 0 saturated carbocycles. The van der Waals surface area contributed by atoms with Crippen molar-refractivity contribution in [2.75, 3.05) is 6.16 Å². The lowest BCUT2D eigenvalue weighted by molar-refractivity contribution is 0.112. The molecule has 188 valence electrons. The van der Waals surface area contributed by atoms with Crippen molar-refractivity contribution in [2.24, 2.45) is 11.8 Å². The summed E-state index contributed by atoms with van der Waals surface area (Å²) >= 11 is 0. The molecule has 2 N–H and O–H groups in total. The summed E-state index contributed by atoms with van der Waals surface area (Å²) in [5.41, 5.74) is 3.83. The minimum Gasteiger partial charge on any atom is -0.489 e. The van der Waals surface area contributed by atoms with Crippen LogP contribution in [0.25, 0.3) is 0 Å². The van der Waals surface area contributed by atoms with E-state index in [0.29, 0.717) is 5.92 Å². The van der Waals surface area contributed by atoms with E-state index in [2.05, 4.69) is 39.8 Å². The SMILES string of the molecule is Cc1c(C)c2c(c(C)c1OC(C)CP(=O)(O)O)CCC(C)(/C=C/CC(C)CCCC(C)C)O2. The summed E-state index contributed by atoms with van der Waals surface area (Å²) in [6.45, 7) is 16.8. The zero-order chi connectivity index (χ0) is 25.0. The Bertz CT molecular complexity index is 885. The van der Waals surface area contributed by atoms with Crippen LogP contribution >= 0.6 is 7.60 Å². The lowest BCUT2D eigenvalue weighted by Gasteiger charge is -2.36. The standard InChI is InChI=1S/C27H45O5P/c1-18(2)11-9-12-19(3)13-10-15-27(8)16-14-24-23(7)25(21(5)22(6)26(24)32-27)31-20(4)17-33(28,29)30/h10,15,18-20H,9,11-14,16-17H2,1-8H3,(H2,28,29,30)/b15-10+. The molecule has 6 heteroatoms. The first-order chi connectivity index (χ1) is 15.2. The quantitative estimate of drug-likeness (QED) is 0.262. The molecule has 0 aliphatic carbocycles. The number of allylic oxidation sites excluding steroid dienone is 1. The number of benzene rings is 1. The molecule has 0 fully saturated rings. The van der Waals surface area contributed by atoms with Gasteiger partial charge in [0.05, 0.1) is 6.16 Å². The van der Waals surface area contributed by atoms with Crippen LogP contribution in [0.5, 0.6) is 11.5 Å². The van der Waals surface area contributed by atoms with Gasteiger partial charge in [-0.1, -0.05) is 46.1 Å². The first kappa shape index (κ1) is 28.0. The summed E-state index contributed by atoms with van der Waals surface area (Å²) in [4.78, 5) is 18.6. The minimum absolute atomic E-state index is 0.294. The van der Waals surface area contributed by atoms with E-state index < -0.39 is 13.7 Å². The van der Waals surface area contributed by atoms with E-state index in [1.807, 2.05) is 20.8 Å². The second-order valence-electron chi connectivity index (χ2n) is 10.8. The van der Waals surface area contributed by atoms with E-state index in [-0.39, 0.29) is 11.8 Å². The number of hydrogen-bond acceptors (Lipinski definition) is 3. The van der Waals surface area contributed by atoms with E-state index in [9.17, 15) is 14.4 Å². The topological polar surface area (TPSA) is 76.0 Å². The molecule has 0 aromatic heterocycles. The van der Waals surface area contributed by atoms with Crippen molar-refractivity contribution in [3.8, 4) is 11.5 Å². The highest BCUT2D eigenvalue weighted by Crippen LogP contribution is 2.45. The number of rotatable bonds is 11. The van der Waals surface area contributed by atoms with Gasteiger partial charge in [0.2, 0.25) is 0 Å². The van der Waals surface area contributed by atoms with Gasteiger partial charge in [0, 0.05) is 5.56 Å². The summed E-state index contributed by atoms with van der Waals surface area (Å²) < 4.78 is 24.0. The van der Waals surface area contributed by atoms with Crippen molar-refractivity contribution in [1.82, 2.24) is 0 Å². The Balaban J connectivity index is 2.13. The third-order valence-electron chi connectivity index (χ3n) is 6.82. The Morgan fingerprint density at radius 2 is 1.76 bits per heavy atom. The molecule has 0 spiro atoms. The van der Waals surface area contributed by atoms with Gasteiger partial charge in [-0.25, -0.2) is 0 Å². The first-order valence-electron chi connectivity index (χ1n) is 12.4. The summed E-state index contributed by atoms with van der Waals surface area (Å²) in [7, 11) is -4.13. The fourth-order valence-corrected chi connectivity index (χ4v) is 5.41. The summed E-state index contributed by atoms with van der Waals surface area (Å²) in [5.74, 6) is 3.12. The highest BCUT2D eigenvalue weighted by molar-refractivity contribution is 7.51. The van der Waals surface area contributed by atoms with Gasteiger partial charge in [0.15, 0.2) is 0 Å². The lowest BCUT2D eigenvalue weighted by Crippen LogP contribution is -2.35. The summed E-state index contributed by atoms with van der Waals surface area (Å²) in [6, 6.07) is 0. The van der Waals surface area contributed by atoms with Gasteiger partial charge in [-0.05, 0) is 88.5 Å². The molecule has 1 aliphatic rings. The first-order valence-corrected chi connectivity index (χ1v) is 14.2. The highest BCUT2D eigenvalue weighted by Gasteiger charge is 2.33. The number of ether oxygens (including phenoxy) is 2. The van der Waals surface area contributed by atoms with Gasteiger partial charge in [0.25, 0.3) is 0 Å². The fourth-order valence-electron chi connectivity index (χ4n) is 4.66. The second-order valence-corrected chi connectivity index (χ2v) is 12.5. The van der Waals surface area contributed by atoms with Crippen LogP contribution in [0.1, 0.15) is 89.0 Å². The van der Waals surface area contributed by atoms with Crippen LogP contribution in [0.2, 0.25) is 0 Å². The van der Waals surface area contributed by atoms with Crippen molar-refractivity contribution < 1.29 is 23.8 Å². The maximum atomic E-state index is 11.4. The molecule has 0 amide bonds. The normalized spacial score (nSPS) is 20.6. The minimum atomic E-state index is -4.13. The molecule has 3 unspecified atom stereocenters. The predicted molar refractivity (Wildman–Crippen MR) is 137 cm³/mol. The Labute approximate surface area is 201 Å². The van der Waals surface area contributed by atoms with Crippen LogP contribution < -0.4 is 9.47 Å². The molecule has 1 aliphatic heterocycles. The largest absolute Gasteiger partial charge is 0.489 e. The fraction of sp³-hybridized carbons (Fsp3) is 0.704. The number of fused-ring (bicyclic) bond motifs is 1. The monoisotopic (exact) mass is 480 g/mol. The maximum absolute atomic E-state index is 11.4. The van der Waals surface area contributed by atoms with Crippen LogP contribution in [-0.2, 0) is 11.0 Å². The third-order valence-corrected chi connectivity index (χ3v) is 7.81. The molecule has 3 atom stereocenters. The third kappa shape index (κ3) is 8.16. The van der Waals surface area contributed by atoms with E-state index in [0.717, 1.165) is 58.9 Å². The van der Waals surface area contributed by atoms with Crippen molar-refractivity contribution in [2.45, 2.75) is 106 Å². The molecule has 1 aromatic carbocycles. The van der Waals surface area contributed by atoms with Crippen LogP contribution in [0, 0.1) is 32.6 Å². The van der Waals surface area contributed by atoms with Crippen molar-refractivity contribution in [1.29, 1.82) is 0 Å². The van der Waals surface area contributed by atoms with Gasteiger partial charge < -0.3 is 19.3 Å². The van der Waals surface area contributed by atoms with Gasteiger partial charge in [-0.15, -0.1) is 0 Å². The van der Waals surface area contributed by atoms with Crippen LogP contribution in [0.3, 0.4) is 0 Å². The zero-order valence-electron chi connectivity index (χ0n) is 21.9. The van der Waals surface area contributed by atoms with Gasteiger partial charge in [0.1, 0.15) is 23.2 Å². The van der Waals surface area contributed by atoms with E-state index in [1.165, 1.54) is 19.3 Å². The Morgan fingerprint density at radius 1 is 1.09 bits per heavy atom. The molecule has 33 heavy (non-hydrogen) atoms. The summed E-state index contributed by atoms with van der Waals surface area (Å²) in [6.07, 6.45) is 10.4. The molecular formula is C27H45O5P. The molecule has 2 rings (SSSR count). The average molecular weight is 481 g/mol.